The molecule has 1 N–H and O–H groups in total. The summed E-state index contributed by atoms with van der Waals surface area (Å²) in [5, 5.41) is 3.43. The van der Waals surface area contributed by atoms with E-state index in [-0.39, 0.29) is 12.7 Å². The molecule has 1 amide bonds. The van der Waals surface area contributed by atoms with Gasteiger partial charge in [-0.1, -0.05) is 11.3 Å². The van der Waals surface area contributed by atoms with Crippen LogP contribution in [-0.4, -0.2) is 23.9 Å². The second kappa shape index (κ2) is 5.75. The van der Waals surface area contributed by atoms with Gasteiger partial charge in [0.25, 0.3) is 5.91 Å². The van der Waals surface area contributed by atoms with Crippen molar-refractivity contribution in [3.05, 3.63) is 42.0 Å². The van der Waals surface area contributed by atoms with E-state index in [2.05, 4.69) is 16.4 Å². The monoisotopic (exact) mass is 344 g/mol. The highest BCUT2D eigenvalue weighted by molar-refractivity contribution is 7.98. The Morgan fingerprint density at radius 1 is 1.22 bits per heavy atom. The molecule has 0 radical (unpaired) electrons. The molecule has 1 aliphatic heterocycles. The molecule has 1 aliphatic rings. The van der Waals surface area contributed by atoms with Crippen molar-refractivity contribution in [2.45, 2.75) is 4.90 Å². The third-order valence-electron chi connectivity index (χ3n) is 3.45. The minimum absolute atomic E-state index is 0.191. The number of thioether (sulfide) groups is 1. The van der Waals surface area contributed by atoms with Crippen LogP contribution in [-0.2, 0) is 0 Å². The van der Waals surface area contributed by atoms with Gasteiger partial charge in [-0.2, -0.15) is 0 Å². The molecule has 2 heterocycles. The second-order valence-corrected chi connectivity index (χ2v) is 6.79. The number of carbonyl (C=O) groups excluding carboxylic acids is 1. The van der Waals surface area contributed by atoms with Crippen LogP contribution in [0.3, 0.4) is 0 Å². The van der Waals surface area contributed by atoms with E-state index in [0.29, 0.717) is 22.2 Å². The Morgan fingerprint density at radius 2 is 2.09 bits per heavy atom. The Balaban J connectivity index is 1.58. The summed E-state index contributed by atoms with van der Waals surface area (Å²) in [6.45, 7) is 0.191. The summed E-state index contributed by atoms with van der Waals surface area (Å²) < 4.78 is 11.6. The first-order chi connectivity index (χ1) is 11.2. The van der Waals surface area contributed by atoms with Gasteiger partial charge in [-0.15, -0.1) is 11.8 Å². The molecular weight excluding hydrogens is 332 g/mol. The largest absolute Gasteiger partial charge is 0.454 e. The van der Waals surface area contributed by atoms with Gasteiger partial charge in [0.1, 0.15) is 0 Å². The molecule has 1 aromatic heterocycles. The van der Waals surface area contributed by atoms with E-state index < -0.39 is 0 Å². The standard InChI is InChI=1S/C16H12N2O3S2/c1-22-10-3-4-11-14(7-10)23-16(17-11)18-15(19)9-2-5-12-13(6-9)21-8-20-12/h2-7H,8H2,1H3,(H,17,18,19). The molecule has 0 fully saturated rings. The molecule has 0 aliphatic carbocycles. The number of hydrogen-bond donors (Lipinski definition) is 1. The molecule has 5 nitrogen and oxygen atoms in total. The lowest BCUT2D eigenvalue weighted by Crippen LogP contribution is -2.11. The first-order valence-electron chi connectivity index (χ1n) is 6.88. The average molecular weight is 344 g/mol. The number of fused-ring (bicyclic) bond motifs is 2. The zero-order valence-electron chi connectivity index (χ0n) is 12.2. The Labute approximate surface area is 140 Å². The first-order valence-corrected chi connectivity index (χ1v) is 8.92. The number of hydrogen-bond acceptors (Lipinski definition) is 6. The molecule has 4 rings (SSSR count). The van der Waals surface area contributed by atoms with Gasteiger partial charge in [-0.05, 0) is 42.7 Å². The van der Waals surface area contributed by atoms with Gasteiger partial charge in [0.15, 0.2) is 16.6 Å². The van der Waals surface area contributed by atoms with E-state index in [4.69, 9.17) is 9.47 Å². The molecule has 0 spiro atoms. The number of nitrogens with zero attached hydrogens (tertiary/aromatic N) is 1. The molecule has 23 heavy (non-hydrogen) atoms. The maximum atomic E-state index is 12.4. The fraction of sp³-hybridized carbons (Fsp3) is 0.125. The number of carbonyl (C=O) groups is 1. The molecule has 116 valence electrons. The molecule has 3 aromatic rings. The Hall–Kier alpha value is -2.25. The van der Waals surface area contributed by atoms with Crippen molar-refractivity contribution in [3.63, 3.8) is 0 Å². The number of thiazole rings is 1. The van der Waals surface area contributed by atoms with Gasteiger partial charge in [0.05, 0.1) is 10.2 Å². The minimum atomic E-state index is -0.215. The predicted octanol–water partition coefficient (Wildman–Crippen LogP) is 4.00. The van der Waals surface area contributed by atoms with Crippen LogP contribution in [0.15, 0.2) is 41.3 Å². The quantitative estimate of drug-likeness (QED) is 0.728. The highest BCUT2D eigenvalue weighted by atomic mass is 32.2. The minimum Gasteiger partial charge on any atom is -0.454 e. The molecule has 0 saturated heterocycles. The summed E-state index contributed by atoms with van der Waals surface area (Å²) in [4.78, 5) is 18.0. The number of amides is 1. The molecule has 0 saturated carbocycles. The van der Waals surface area contributed by atoms with E-state index in [1.807, 2.05) is 18.4 Å². The van der Waals surface area contributed by atoms with Gasteiger partial charge in [0, 0.05) is 10.5 Å². The van der Waals surface area contributed by atoms with Crippen molar-refractivity contribution in [1.29, 1.82) is 0 Å². The fourth-order valence-electron chi connectivity index (χ4n) is 2.29. The van der Waals surface area contributed by atoms with E-state index in [1.165, 1.54) is 16.2 Å². The fourth-order valence-corrected chi connectivity index (χ4v) is 3.71. The van der Waals surface area contributed by atoms with E-state index in [0.717, 1.165) is 10.2 Å². The van der Waals surface area contributed by atoms with Crippen molar-refractivity contribution in [3.8, 4) is 11.5 Å². The zero-order valence-corrected chi connectivity index (χ0v) is 13.8. The van der Waals surface area contributed by atoms with Gasteiger partial charge in [-0.3, -0.25) is 10.1 Å². The summed E-state index contributed by atoms with van der Waals surface area (Å²) in [6, 6.07) is 11.2. The van der Waals surface area contributed by atoms with Crippen LogP contribution in [0.2, 0.25) is 0 Å². The van der Waals surface area contributed by atoms with Gasteiger partial charge in [-0.25, -0.2) is 4.98 Å². The summed E-state index contributed by atoms with van der Waals surface area (Å²) in [6.07, 6.45) is 2.03. The number of nitrogens with one attached hydrogen (secondary N) is 1. The van der Waals surface area contributed by atoms with Gasteiger partial charge < -0.3 is 9.47 Å². The maximum Gasteiger partial charge on any atom is 0.257 e. The van der Waals surface area contributed by atoms with Crippen LogP contribution >= 0.6 is 23.1 Å². The SMILES string of the molecule is CSc1ccc2nc(NC(=O)c3ccc4c(c3)OCO4)sc2c1. The highest BCUT2D eigenvalue weighted by Crippen LogP contribution is 2.33. The van der Waals surface area contributed by atoms with Gasteiger partial charge in [0.2, 0.25) is 6.79 Å². The average Bonchev–Trinajstić information content (AvgIpc) is 3.18. The molecule has 7 heteroatoms. The number of aromatic nitrogens is 1. The van der Waals surface area contributed by atoms with Crippen molar-refractivity contribution in [2.24, 2.45) is 0 Å². The smallest absolute Gasteiger partial charge is 0.257 e. The van der Waals surface area contributed by atoms with E-state index in [9.17, 15) is 4.79 Å². The number of ether oxygens (including phenoxy) is 2. The lowest BCUT2D eigenvalue weighted by Gasteiger charge is -2.02. The van der Waals surface area contributed by atoms with Crippen LogP contribution in [0.4, 0.5) is 5.13 Å². The van der Waals surface area contributed by atoms with Crippen LogP contribution in [0.1, 0.15) is 10.4 Å². The molecule has 0 atom stereocenters. The number of rotatable bonds is 3. The van der Waals surface area contributed by atoms with Crippen molar-refractivity contribution in [2.75, 3.05) is 18.4 Å². The first kappa shape index (κ1) is 14.3. The number of benzene rings is 2. The number of anilines is 1. The third kappa shape index (κ3) is 2.73. The van der Waals surface area contributed by atoms with Crippen molar-refractivity contribution < 1.29 is 14.3 Å². The molecule has 0 unspecified atom stereocenters. The lowest BCUT2D eigenvalue weighted by molar-refractivity contribution is 0.102. The topological polar surface area (TPSA) is 60.5 Å². The third-order valence-corrected chi connectivity index (χ3v) is 5.11. The lowest BCUT2D eigenvalue weighted by atomic mass is 10.2. The molecule has 2 aromatic carbocycles. The van der Waals surface area contributed by atoms with Crippen LogP contribution in [0, 0.1) is 0 Å². The van der Waals surface area contributed by atoms with Crippen LogP contribution in [0.5, 0.6) is 11.5 Å². The van der Waals surface area contributed by atoms with E-state index >= 15 is 0 Å². The summed E-state index contributed by atoms with van der Waals surface area (Å²) in [7, 11) is 0. The van der Waals surface area contributed by atoms with Crippen LogP contribution < -0.4 is 14.8 Å². The maximum absolute atomic E-state index is 12.4. The van der Waals surface area contributed by atoms with E-state index in [1.54, 1.807) is 30.0 Å². The Bertz CT molecular complexity index is 907. The van der Waals surface area contributed by atoms with Gasteiger partial charge >= 0.3 is 0 Å². The molecular formula is C16H12N2O3S2. The highest BCUT2D eigenvalue weighted by Gasteiger charge is 2.17. The summed E-state index contributed by atoms with van der Waals surface area (Å²) >= 11 is 3.14. The second-order valence-electron chi connectivity index (χ2n) is 4.87. The normalized spacial score (nSPS) is 12.6. The van der Waals surface area contributed by atoms with Crippen LogP contribution in [0.25, 0.3) is 10.2 Å². The summed E-state index contributed by atoms with van der Waals surface area (Å²) in [5.41, 5.74) is 1.40. The predicted molar refractivity (Wildman–Crippen MR) is 91.9 cm³/mol. The zero-order chi connectivity index (χ0) is 15.8. The van der Waals surface area contributed by atoms with Crippen molar-refractivity contribution >= 4 is 44.4 Å². The Morgan fingerprint density at radius 3 is 2.96 bits per heavy atom. The summed E-state index contributed by atoms with van der Waals surface area (Å²) in [5.74, 6) is 1.03. The Kier molecular flexibility index (Phi) is 3.59. The molecule has 0 bridgehead atoms. The van der Waals surface area contributed by atoms with Crippen molar-refractivity contribution in [1.82, 2.24) is 4.98 Å².